The summed E-state index contributed by atoms with van der Waals surface area (Å²) in [7, 11) is 0. The number of amides is 1. The summed E-state index contributed by atoms with van der Waals surface area (Å²) in [6.07, 6.45) is 1.76. The van der Waals surface area contributed by atoms with Crippen molar-refractivity contribution in [1.82, 2.24) is 5.32 Å². The summed E-state index contributed by atoms with van der Waals surface area (Å²) in [6, 6.07) is 17.8. The number of hydrogen-bond donors (Lipinski definition) is 2. The summed E-state index contributed by atoms with van der Waals surface area (Å²) in [4.78, 5) is 36.6. The van der Waals surface area contributed by atoms with Crippen LogP contribution in [0.3, 0.4) is 0 Å². The first-order chi connectivity index (χ1) is 17.5. The molecule has 3 aromatic carbocycles. The van der Waals surface area contributed by atoms with Gasteiger partial charge in [0.05, 0.1) is 5.56 Å². The normalized spacial score (nSPS) is 15.2. The maximum absolute atomic E-state index is 12.7. The molecule has 9 nitrogen and oxygen atoms in total. The lowest BCUT2D eigenvalue weighted by Crippen LogP contribution is -2.44. The van der Waals surface area contributed by atoms with Gasteiger partial charge in [0.1, 0.15) is 17.5 Å². The van der Waals surface area contributed by atoms with Gasteiger partial charge in [-0.15, -0.1) is 0 Å². The number of allylic oxidation sites excluding steroid dienone is 1. The van der Waals surface area contributed by atoms with E-state index < -0.39 is 24.5 Å². The number of aliphatic carboxylic acids is 1. The quantitative estimate of drug-likeness (QED) is 0.465. The molecule has 1 atom stereocenters. The minimum absolute atomic E-state index is 0.143. The third-order valence-corrected chi connectivity index (χ3v) is 5.62. The SMILES string of the molecule is O=C(COc1ccc2c(c1)OC(=Cc1ccc3c(c1)OCO3)C2=O)N[C@H](Cc1ccccc1)C(=O)O. The van der Waals surface area contributed by atoms with E-state index in [1.165, 1.54) is 6.07 Å². The van der Waals surface area contributed by atoms with Crippen LogP contribution in [0.25, 0.3) is 6.08 Å². The molecule has 0 spiro atoms. The number of rotatable bonds is 8. The Balaban J connectivity index is 1.21. The first-order valence-corrected chi connectivity index (χ1v) is 11.1. The predicted molar refractivity (Wildman–Crippen MR) is 127 cm³/mol. The van der Waals surface area contributed by atoms with Gasteiger partial charge >= 0.3 is 5.97 Å². The number of carboxylic acid groups (broad SMARTS) is 1. The fourth-order valence-corrected chi connectivity index (χ4v) is 3.85. The molecule has 5 rings (SSSR count). The highest BCUT2D eigenvalue weighted by atomic mass is 16.7. The summed E-state index contributed by atoms with van der Waals surface area (Å²) in [5.41, 5.74) is 1.87. The van der Waals surface area contributed by atoms with Gasteiger partial charge in [-0.25, -0.2) is 4.79 Å². The van der Waals surface area contributed by atoms with Crippen molar-refractivity contribution in [3.05, 3.63) is 89.2 Å². The van der Waals surface area contributed by atoms with Crippen LogP contribution in [0.15, 0.2) is 72.5 Å². The van der Waals surface area contributed by atoms with Gasteiger partial charge in [-0.2, -0.15) is 0 Å². The van der Waals surface area contributed by atoms with Crippen molar-refractivity contribution in [1.29, 1.82) is 0 Å². The topological polar surface area (TPSA) is 120 Å². The molecule has 2 aliphatic heterocycles. The van der Waals surface area contributed by atoms with Gasteiger partial charge < -0.3 is 29.4 Å². The first-order valence-electron chi connectivity index (χ1n) is 11.1. The van der Waals surface area contributed by atoms with Gasteiger partial charge in [-0.05, 0) is 41.5 Å². The van der Waals surface area contributed by atoms with Crippen molar-refractivity contribution in [3.63, 3.8) is 0 Å². The zero-order chi connectivity index (χ0) is 25.1. The second-order valence-corrected chi connectivity index (χ2v) is 8.15. The van der Waals surface area contributed by atoms with Gasteiger partial charge in [0.15, 0.2) is 23.9 Å². The molecule has 1 amide bonds. The molecule has 0 fully saturated rings. The number of ether oxygens (including phenoxy) is 4. The van der Waals surface area contributed by atoms with Crippen LogP contribution in [0, 0.1) is 0 Å². The van der Waals surface area contributed by atoms with E-state index in [2.05, 4.69) is 5.32 Å². The molecule has 0 unspecified atom stereocenters. The second kappa shape index (κ2) is 9.83. The molecule has 2 heterocycles. The lowest BCUT2D eigenvalue weighted by molar-refractivity contribution is -0.142. The maximum Gasteiger partial charge on any atom is 0.326 e. The van der Waals surface area contributed by atoms with Gasteiger partial charge in [0.2, 0.25) is 12.6 Å². The number of carbonyl (C=O) groups excluding carboxylic acids is 2. The predicted octanol–water partition coefficient (Wildman–Crippen LogP) is 3.22. The smallest absolute Gasteiger partial charge is 0.326 e. The molecule has 0 aromatic heterocycles. The van der Waals surface area contributed by atoms with Crippen molar-refractivity contribution in [2.45, 2.75) is 12.5 Å². The Bertz CT molecular complexity index is 1370. The highest BCUT2D eigenvalue weighted by Gasteiger charge is 2.28. The Hall–Kier alpha value is -4.79. The summed E-state index contributed by atoms with van der Waals surface area (Å²) in [6.45, 7) is -0.244. The van der Waals surface area contributed by atoms with E-state index in [9.17, 15) is 19.5 Å². The van der Waals surface area contributed by atoms with E-state index in [-0.39, 0.29) is 24.8 Å². The molecule has 36 heavy (non-hydrogen) atoms. The molecule has 9 heteroatoms. The molecule has 0 radical (unpaired) electrons. The van der Waals surface area contributed by atoms with Gasteiger partial charge in [0.25, 0.3) is 5.91 Å². The number of hydrogen-bond acceptors (Lipinski definition) is 7. The molecular weight excluding hydrogens is 466 g/mol. The van der Waals surface area contributed by atoms with Crippen molar-refractivity contribution in [2.75, 3.05) is 13.4 Å². The molecule has 2 N–H and O–H groups in total. The number of ketones is 1. The van der Waals surface area contributed by atoms with Crippen LogP contribution in [0.4, 0.5) is 0 Å². The standard InChI is InChI=1S/C27H21NO8/c29-25(28-20(27(31)32)10-16-4-2-1-3-5-16)14-33-18-7-8-19-22(13-18)36-24(26(19)30)12-17-6-9-21-23(11-17)35-15-34-21/h1-9,11-13,20H,10,14-15H2,(H,28,29)(H,31,32)/t20-/m1/s1. The number of benzene rings is 3. The van der Waals surface area contributed by atoms with E-state index in [1.807, 2.05) is 6.07 Å². The fourth-order valence-electron chi connectivity index (χ4n) is 3.85. The number of fused-ring (bicyclic) bond motifs is 2. The summed E-state index contributed by atoms with van der Waals surface area (Å²) >= 11 is 0. The number of Topliss-reactive ketones (excluding diaryl/α,β-unsaturated/α-hetero) is 1. The molecule has 0 aliphatic carbocycles. The minimum Gasteiger partial charge on any atom is -0.484 e. The van der Waals surface area contributed by atoms with Crippen LogP contribution in [0.5, 0.6) is 23.0 Å². The van der Waals surface area contributed by atoms with E-state index in [0.717, 1.165) is 5.56 Å². The van der Waals surface area contributed by atoms with E-state index in [1.54, 1.807) is 60.7 Å². The highest BCUT2D eigenvalue weighted by molar-refractivity contribution is 6.14. The third-order valence-electron chi connectivity index (χ3n) is 5.62. The van der Waals surface area contributed by atoms with Crippen LogP contribution in [0.2, 0.25) is 0 Å². The summed E-state index contributed by atoms with van der Waals surface area (Å²) in [5, 5.41) is 11.9. The monoisotopic (exact) mass is 487 g/mol. The van der Waals surface area contributed by atoms with Gasteiger partial charge in [0, 0.05) is 12.5 Å². The average Bonchev–Trinajstić information content (AvgIpc) is 3.46. The Morgan fingerprint density at radius 2 is 1.81 bits per heavy atom. The molecule has 182 valence electrons. The van der Waals surface area contributed by atoms with Gasteiger partial charge in [-0.1, -0.05) is 36.4 Å². The van der Waals surface area contributed by atoms with Crippen LogP contribution in [0.1, 0.15) is 21.5 Å². The zero-order valence-electron chi connectivity index (χ0n) is 18.9. The van der Waals surface area contributed by atoms with Crippen LogP contribution >= 0.6 is 0 Å². The summed E-state index contributed by atoms with van der Waals surface area (Å²) in [5.74, 6) is -0.0259. The van der Waals surface area contributed by atoms with Crippen molar-refractivity contribution < 1.29 is 38.4 Å². The molecular formula is C27H21NO8. The lowest BCUT2D eigenvalue weighted by atomic mass is 10.1. The minimum atomic E-state index is -1.14. The Morgan fingerprint density at radius 3 is 2.61 bits per heavy atom. The van der Waals surface area contributed by atoms with Gasteiger partial charge in [-0.3, -0.25) is 9.59 Å². The van der Waals surface area contributed by atoms with Crippen LogP contribution < -0.4 is 24.3 Å². The van der Waals surface area contributed by atoms with E-state index in [4.69, 9.17) is 18.9 Å². The largest absolute Gasteiger partial charge is 0.484 e. The Kier molecular flexibility index (Phi) is 6.27. The lowest BCUT2D eigenvalue weighted by Gasteiger charge is -2.15. The number of nitrogens with one attached hydrogen (secondary N) is 1. The maximum atomic E-state index is 12.7. The first kappa shape index (κ1) is 23.0. The van der Waals surface area contributed by atoms with E-state index in [0.29, 0.717) is 34.1 Å². The Morgan fingerprint density at radius 1 is 1.00 bits per heavy atom. The van der Waals surface area contributed by atoms with Crippen LogP contribution in [-0.2, 0) is 16.0 Å². The summed E-state index contributed by atoms with van der Waals surface area (Å²) < 4.78 is 21.9. The molecule has 3 aromatic rings. The van der Waals surface area contributed by atoms with Crippen molar-refractivity contribution >= 4 is 23.7 Å². The fraction of sp³-hybridized carbons (Fsp3) is 0.148. The molecule has 0 bridgehead atoms. The second-order valence-electron chi connectivity index (χ2n) is 8.15. The van der Waals surface area contributed by atoms with E-state index >= 15 is 0 Å². The average molecular weight is 487 g/mol. The highest BCUT2D eigenvalue weighted by Crippen LogP contribution is 2.37. The van der Waals surface area contributed by atoms with Crippen molar-refractivity contribution in [3.8, 4) is 23.0 Å². The number of carbonyl (C=O) groups is 3. The molecule has 0 saturated heterocycles. The molecule has 2 aliphatic rings. The molecule has 0 saturated carbocycles. The van der Waals surface area contributed by atoms with Crippen LogP contribution in [-0.4, -0.2) is 42.2 Å². The number of carboxylic acids is 1. The zero-order valence-corrected chi connectivity index (χ0v) is 18.9. The third kappa shape index (κ3) is 5.00. The van der Waals surface area contributed by atoms with Crippen molar-refractivity contribution in [2.24, 2.45) is 0 Å². The Labute approximate surface area is 205 Å².